The van der Waals surface area contributed by atoms with Gasteiger partial charge in [-0.3, -0.25) is 0 Å². The smallest absolute Gasteiger partial charge is 0.441 e. The van der Waals surface area contributed by atoms with Crippen LogP contribution in [0.3, 0.4) is 0 Å². The molecule has 0 saturated carbocycles. The largest absolute Gasteiger partial charge is 0.466 e. The van der Waals surface area contributed by atoms with Crippen LogP contribution >= 0.6 is 11.8 Å². The van der Waals surface area contributed by atoms with Gasteiger partial charge in [-0.25, -0.2) is 14.9 Å². The summed E-state index contributed by atoms with van der Waals surface area (Å²) in [5.41, 5.74) is -0.0980. The lowest BCUT2D eigenvalue weighted by atomic mass is 10.3. The molecule has 9 heteroatoms. The first kappa shape index (κ1) is 14.8. The Labute approximate surface area is 106 Å². The Hall–Kier alpha value is -1.22. The molecule has 0 aromatic heterocycles. The normalized spacial score (nSPS) is 20.1. The molecular weight excluding hydrogens is 271 g/mol. The molecule has 0 N–H and O–H groups in total. The van der Waals surface area contributed by atoms with E-state index in [4.69, 9.17) is 0 Å². The van der Waals surface area contributed by atoms with Gasteiger partial charge < -0.3 is 4.74 Å². The van der Waals surface area contributed by atoms with E-state index >= 15 is 0 Å². The van der Waals surface area contributed by atoms with Crippen LogP contribution in [-0.2, 0) is 9.53 Å². The van der Waals surface area contributed by atoms with E-state index in [2.05, 4.69) is 16.4 Å². The Morgan fingerprint density at radius 1 is 1.56 bits per heavy atom. The first-order chi connectivity index (χ1) is 8.18. The molecule has 0 spiro atoms. The Kier molecular flexibility index (Phi) is 4.28. The zero-order valence-corrected chi connectivity index (χ0v) is 10.8. The summed E-state index contributed by atoms with van der Waals surface area (Å²) in [4.78, 5) is 11.3. The summed E-state index contributed by atoms with van der Waals surface area (Å²) in [6, 6.07) is 0. The number of alkyl halides is 3. The van der Waals surface area contributed by atoms with E-state index in [1.54, 1.807) is 0 Å². The molecular formula is C9H12F3N3O2S. The first-order valence-electron chi connectivity index (χ1n) is 4.74. The summed E-state index contributed by atoms with van der Waals surface area (Å²) in [6.45, 7) is 3.45. The second-order valence-corrected chi connectivity index (χ2v) is 4.63. The van der Waals surface area contributed by atoms with E-state index in [1.165, 1.54) is 19.1 Å². The molecule has 0 saturated heterocycles. The van der Waals surface area contributed by atoms with Crippen molar-refractivity contribution in [3.8, 4) is 0 Å². The Morgan fingerprint density at radius 3 is 2.50 bits per heavy atom. The van der Waals surface area contributed by atoms with Gasteiger partial charge in [0.25, 0.3) is 0 Å². The first-order valence-corrected chi connectivity index (χ1v) is 5.62. The van der Waals surface area contributed by atoms with Gasteiger partial charge in [0, 0.05) is 14.1 Å². The van der Waals surface area contributed by atoms with Crippen molar-refractivity contribution in [2.75, 3.05) is 21.2 Å². The van der Waals surface area contributed by atoms with Crippen LogP contribution in [0.15, 0.2) is 17.3 Å². The van der Waals surface area contributed by atoms with Crippen molar-refractivity contribution in [3.05, 3.63) is 12.2 Å². The second-order valence-electron chi connectivity index (χ2n) is 3.56. The lowest BCUT2D eigenvalue weighted by molar-refractivity contribution is -0.137. The second kappa shape index (κ2) is 5.19. The predicted molar refractivity (Wildman–Crippen MR) is 61.6 cm³/mol. The average molecular weight is 283 g/mol. The quantitative estimate of drug-likeness (QED) is 0.579. The summed E-state index contributed by atoms with van der Waals surface area (Å²) in [6.07, 6.45) is -4.55. The fourth-order valence-electron chi connectivity index (χ4n) is 1.19. The average Bonchev–Trinajstić information content (AvgIpc) is 2.71. The minimum atomic E-state index is -4.55. The third-order valence-corrected chi connectivity index (χ3v) is 3.26. The third kappa shape index (κ3) is 2.96. The van der Waals surface area contributed by atoms with Crippen LogP contribution in [-0.4, -0.2) is 53.9 Å². The standard InChI is InChI=1S/C9H12F3N3O2S/c1-5(7(16)17-4)6-15(14(2)3)13-8(18-6)9(10,11)12/h6H,1H2,2-4H3. The molecule has 1 heterocycles. The highest BCUT2D eigenvalue weighted by atomic mass is 32.2. The molecule has 0 aliphatic carbocycles. The summed E-state index contributed by atoms with van der Waals surface area (Å²) in [5, 5.41) is 3.82. The van der Waals surface area contributed by atoms with E-state index in [0.29, 0.717) is 11.8 Å². The van der Waals surface area contributed by atoms with Crippen molar-refractivity contribution in [2.45, 2.75) is 11.6 Å². The summed E-state index contributed by atoms with van der Waals surface area (Å²) >= 11 is 0.415. The van der Waals surface area contributed by atoms with Gasteiger partial charge in [0.05, 0.1) is 12.7 Å². The zero-order chi connectivity index (χ0) is 14.1. The Bertz CT molecular complexity index is 395. The van der Waals surface area contributed by atoms with Crippen LogP contribution in [0.25, 0.3) is 0 Å². The number of rotatable bonds is 3. The maximum Gasteiger partial charge on any atom is 0.441 e. The van der Waals surface area contributed by atoms with Crippen molar-refractivity contribution in [3.63, 3.8) is 0 Å². The van der Waals surface area contributed by atoms with E-state index < -0.39 is 22.6 Å². The Balaban J connectivity index is 2.96. The molecule has 0 radical (unpaired) electrons. The van der Waals surface area contributed by atoms with Gasteiger partial charge in [0.1, 0.15) is 5.37 Å². The third-order valence-electron chi connectivity index (χ3n) is 2.02. The van der Waals surface area contributed by atoms with E-state index in [-0.39, 0.29) is 5.57 Å². The van der Waals surface area contributed by atoms with Crippen LogP contribution in [0.2, 0.25) is 0 Å². The fraction of sp³-hybridized carbons (Fsp3) is 0.556. The number of nitrogens with zero attached hydrogens (tertiary/aromatic N) is 3. The van der Waals surface area contributed by atoms with Gasteiger partial charge in [-0.05, 0) is 0 Å². The van der Waals surface area contributed by atoms with Gasteiger partial charge in [-0.15, -0.1) is 5.10 Å². The summed E-state index contributed by atoms with van der Waals surface area (Å²) in [7, 11) is 4.17. The number of thioether (sulfide) groups is 1. The van der Waals surface area contributed by atoms with Crippen LogP contribution in [0, 0.1) is 0 Å². The van der Waals surface area contributed by atoms with Crippen LogP contribution in [0.5, 0.6) is 0 Å². The lowest BCUT2D eigenvalue weighted by Gasteiger charge is -2.28. The highest BCUT2D eigenvalue weighted by Crippen LogP contribution is 2.38. The van der Waals surface area contributed by atoms with Gasteiger partial charge in [-0.1, -0.05) is 18.3 Å². The molecule has 1 aliphatic rings. The zero-order valence-electron chi connectivity index (χ0n) is 9.98. The number of ether oxygens (including phenoxy) is 1. The number of hydrogen-bond donors (Lipinski definition) is 0. The molecule has 0 amide bonds. The van der Waals surface area contributed by atoms with Crippen LogP contribution < -0.4 is 0 Å². The molecule has 1 rings (SSSR count). The van der Waals surface area contributed by atoms with E-state index in [9.17, 15) is 18.0 Å². The lowest BCUT2D eigenvalue weighted by Crippen LogP contribution is -2.39. The molecule has 1 unspecified atom stereocenters. The van der Waals surface area contributed by atoms with Crippen molar-refractivity contribution >= 4 is 22.8 Å². The number of carbonyl (C=O) groups excluding carboxylic acids is 1. The minimum Gasteiger partial charge on any atom is -0.466 e. The summed E-state index contributed by atoms with van der Waals surface area (Å²) in [5.74, 6) is -0.766. The van der Waals surface area contributed by atoms with Crippen molar-refractivity contribution < 1.29 is 22.7 Å². The van der Waals surface area contributed by atoms with Gasteiger partial charge in [0.2, 0.25) is 5.04 Å². The Morgan fingerprint density at radius 2 is 2.11 bits per heavy atom. The molecule has 5 nitrogen and oxygen atoms in total. The van der Waals surface area contributed by atoms with Gasteiger partial charge >= 0.3 is 12.1 Å². The molecule has 0 aromatic rings. The van der Waals surface area contributed by atoms with Crippen LogP contribution in [0.4, 0.5) is 13.2 Å². The highest BCUT2D eigenvalue weighted by Gasteiger charge is 2.46. The molecule has 0 aromatic carbocycles. The monoisotopic (exact) mass is 283 g/mol. The van der Waals surface area contributed by atoms with Crippen molar-refractivity contribution in [1.82, 2.24) is 10.1 Å². The number of halogens is 3. The predicted octanol–water partition coefficient (Wildman–Crippen LogP) is 1.44. The highest BCUT2D eigenvalue weighted by molar-refractivity contribution is 8.15. The molecule has 0 bridgehead atoms. The van der Waals surface area contributed by atoms with Gasteiger partial charge in [-0.2, -0.15) is 13.2 Å². The maximum absolute atomic E-state index is 12.6. The molecule has 0 fully saturated rings. The van der Waals surface area contributed by atoms with E-state index in [0.717, 1.165) is 12.2 Å². The molecule has 18 heavy (non-hydrogen) atoms. The minimum absolute atomic E-state index is 0.0980. The number of hydrazone groups is 1. The maximum atomic E-state index is 12.6. The van der Waals surface area contributed by atoms with Gasteiger partial charge in [0.15, 0.2) is 0 Å². The number of hydrazine groups is 1. The topological polar surface area (TPSA) is 45.1 Å². The van der Waals surface area contributed by atoms with Crippen LogP contribution in [0.1, 0.15) is 0 Å². The molecule has 102 valence electrons. The number of carbonyl (C=O) groups is 1. The van der Waals surface area contributed by atoms with Crippen molar-refractivity contribution in [1.29, 1.82) is 0 Å². The fourth-order valence-corrected chi connectivity index (χ4v) is 2.23. The molecule has 1 atom stereocenters. The molecule has 1 aliphatic heterocycles. The number of hydrogen-bond acceptors (Lipinski definition) is 6. The van der Waals surface area contributed by atoms with E-state index in [1.807, 2.05) is 0 Å². The van der Waals surface area contributed by atoms with Crippen molar-refractivity contribution in [2.24, 2.45) is 5.10 Å². The number of esters is 1. The SMILES string of the molecule is C=C(C(=O)OC)C1SC(C(F)(F)F)=NN1N(C)C. The number of methoxy groups -OCH3 is 1. The summed E-state index contributed by atoms with van der Waals surface area (Å²) < 4.78 is 42.2.